The summed E-state index contributed by atoms with van der Waals surface area (Å²) in [5, 5.41) is 13.1. The van der Waals surface area contributed by atoms with E-state index < -0.39 is 0 Å². The van der Waals surface area contributed by atoms with Crippen LogP contribution < -0.4 is 10.1 Å². The molecule has 0 spiro atoms. The third-order valence-corrected chi connectivity index (χ3v) is 3.12. The molecule has 1 aromatic rings. The molecular weight excluding hydrogens is 226 g/mol. The predicted octanol–water partition coefficient (Wildman–Crippen LogP) is 1.21. The molecule has 0 aromatic carbocycles. The minimum absolute atomic E-state index is 0.637. The van der Waals surface area contributed by atoms with Crippen LogP contribution in [0.4, 0.5) is 0 Å². The maximum atomic E-state index is 5.45. The van der Waals surface area contributed by atoms with Crippen molar-refractivity contribution >= 4 is 11.3 Å². The van der Waals surface area contributed by atoms with Gasteiger partial charge in [0.05, 0.1) is 13.2 Å². The van der Waals surface area contributed by atoms with E-state index in [1.54, 1.807) is 7.11 Å². The molecule has 0 saturated heterocycles. The van der Waals surface area contributed by atoms with E-state index in [1.807, 2.05) is 0 Å². The Hall–Kier alpha value is -0.720. The lowest BCUT2D eigenvalue weighted by Crippen LogP contribution is -2.14. The lowest BCUT2D eigenvalue weighted by atomic mass is 10.5. The number of ether oxygens (including phenoxy) is 2. The van der Waals surface area contributed by atoms with Gasteiger partial charge in [-0.3, -0.25) is 0 Å². The molecule has 1 N–H and O–H groups in total. The van der Waals surface area contributed by atoms with Gasteiger partial charge in [0.25, 0.3) is 5.19 Å². The Morgan fingerprint density at radius 2 is 2.25 bits per heavy atom. The van der Waals surface area contributed by atoms with Crippen molar-refractivity contribution in [3.63, 3.8) is 0 Å². The topological polar surface area (TPSA) is 56.3 Å². The zero-order valence-electron chi connectivity index (χ0n) is 9.44. The van der Waals surface area contributed by atoms with E-state index in [4.69, 9.17) is 9.47 Å². The first-order valence-electron chi connectivity index (χ1n) is 5.56. The quantitative estimate of drug-likeness (QED) is 0.695. The maximum Gasteiger partial charge on any atom is 0.294 e. The van der Waals surface area contributed by atoms with Crippen molar-refractivity contribution in [3.05, 3.63) is 5.01 Å². The monoisotopic (exact) mass is 243 g/mol. The first-order chi connectivity index (χ1) is 7.88. The Labute approximate surface area is 99.2 Å². The van der Waals surface area contributed by atoms with E-state index >= 15 is 0 Å². The average Bonchev–Trinajstić information content (AvgIpc) is 3.02. The van der Waals surface area contributed by atoms with Crippen molar-refractivity contribution in [3.8, 4) is 5.19 Å². The van der Waals surface area contributed by atoms with Gasteiger partial charge in [0.15, 0.2) is 0 Å². The van der Waals surface area contributed by atoms with Crippen molar-refractivity contribution < 1.29 is 9.47 Å². The number of nitrogens with one attached hydrogen (secondary N) is 1. The highest BCUT2D eigenvalue weighted by Gasteiger charge is 2.20. The largest absolute Gasteiger partial charge is 0.469 e. The van der Waals surface area contributed by atoms with Gasteiger partial charge in [0.2, 0.25) is 0 Å². The highest BCUT2D eigenvalue weighted by Crippen LogP contribution is 2.21. The number of hydrogen-bond acceptors (Lipinski definition) is 6. The molecule has 6 heteroatoms. The molecule has 0 unspecified atom stereocenters. The first-order valence-corrected chi connectivity index (χ1v) is 6.37. The standard InChI is InChI=1S/C10H17N3O2S/c1-14-5-2-6-15-10-13-12-9(16-10)7-11-8-3-4-8/h8,11H,2-7H2,1H3. The van der Waals surface area contributed by atoms with Crippen LogP contribution in [0.25, 0.3) is 0 Å². The van der Waals surface area contributed by atoms with E-state index in [9.17, 15) is 0 Å². The second-order valence-electron chi connectivity index (χ2n) is 3.81. The van der Waals surface area contributed by atoms with Gasteiger partial charge in [0, 0.05) is 26.2 Å². The Bertz CT molecular complexity index is 315. The summed E-state index contributed by atoms with van der Waals surface area (Å²) in [7, 11) is 1.69. The van der Waals surface area contributed by atoms with Gasteiger partial charge in [-0.25, -0.2) is 0 Å². The smallest absolute Gasteiger partial charge is 0.294 e. The third kappa shape index (κ3) is 4.03. The fraction of sp³-hybridized carbons (Fsp3) is 0.800. The first kappa shape index (κ1) is 11.8. The normalized spacial score (nSPS) is 15.3. The van der Waals surface area contributed by atoms with Crippen LogP contribution in [0, 0.1) is 0 Å². The van der Waals surface area contributed by atoms with Crippen molar-refractivity contribution in [2.75, 3.05) is 20.3 Å². The molecule has 0 aliphatic heterocycles. The summed E-state index contributed by atoms with van der Waals surface area (Å²) in [5.41, 5.74) is 0. The van der Waals surface area contributed by atoms with Gasteiger partial charge >= 0.3 is 0 Å². The number of aromatic nitrogens is 2. The third-order valence-electron chi connectivity index (χ3n) is 2.29. The van der Waals surface area contributed by atoms with Crippen LogP contribution in [0.1, 0.15) is 24.3 Å². The Morgan fingerprint density at radius 3 is 3.00 bits per heavy atom. The predicted molar refractivity (Wildman–Crippen MR) is 61.8 cm³/mol. The number of methoxy groups -OCH3 is 1. The highest BCUT2D eigenvalue weighted by atomic mass is 32.1. The van der Waals surface area contributed by atoms with Crippen LogP contribution in [0.15, 0.2) is 0 Å². The maximum absolute atomic E-state index is 5.45. The fourth-order valence-electron chi connectivity index (χ4n) is 1.25. The van der Waals surface area contributed by atoms with Gasteiger partial charge < -0.3 is 14.8 Å². The summed E-state index contributed by atoms with van der Waals surface area (Å²) in [6.07, 6.45) is 3.46. The van der Waals surface area contributed by atoms with E-state index in [0.717, 1.165) is 24.6 Å². The van der Waals surface area contributed by atoms with Crippen LogP contribution in [0.2, 0.25) is 0 Å². The Balaban J connectivity index is 1.64. The summed E-state index contributed by atoms with van der Waals surface area (Å²) in [4.78, 5) is 0. The van der Waals surface area contributed by atoms with Crippen molar-refractivity contribution in [1.82, 2.24) is 15.5 Å². The Morgan fingerprint density at radius 1 is 1.38 bits per heavy atom. The van der Waals surface area contributed by atoms with Crippen LogP contribution in [-0.2, 0) is 11.3 Å². The fourth-order valence-corrected chi connectivity index (χ4v) is 1.91. The lowest BCUT2D eigenvalue weighted by molar-refractivity contribution is 0.171. The summed E-state index contributed by atoms with van der Waals surface area (Å²) < 4.78 is 10.4. The van der Waals surface area contributed by atoms with Crippen LogP contribution >= 0.6 is 11.3 Å². The van der Waals surface area contributed by atoms with Crippen LogP contribution in [0.3, 0.4) is 0 Å². The average molecular weight is 243 g/mol. The molecule has 1 aliphatic carbocycles. The van der Waals surface area contributed by atoms with E-state index in [-0.39, 0.29) is 0 Å². The Kier molecular flexibility index (Phi) is 4.50. The second kappa shape index (κ2) is 6.12. The molecular formula is C10H17N3O2S. The molecule has 0 amide bonds. The van der Waals surface area contributed by atoms with Crippen molar-refractivity contribution in [1.29, 1.82) is 0 Å². The minimum atomic E-state index is 0.637. The molecule has 0 bridgehead atoms. The van der Waals surface area contributed by atoms with E-state index in [1.165, 1.54) is 24.2 Å². The van der Waals surface area contributed by atoms with Crippen molar-refractivity contribution in [2.24, 2.45) is 0 Å². The molecule has 5 nitrogen and oxygen atoms in total. The van der Waals surface area contributed by atoms with Crippen molar-refractivity contribution in [2.45, 2.75) is 31.8 Å². The number of rotatable bonds is 8. The number of nitrogens with zero attached hydrogens (tertiary/aromatic N) is 2. The van der Waals surface area contributed by atoms with Gasteiger partial charge in [-0.05, 0) is 12.8 Å². The molecule has 1 saturated carbocycles. The second-order valence-corrected chi connectivity index (χ2v) is 4.84. The lowest BCUT2D eigenvalue weighted by Gasteiger charge is -1.99. The molecule has 0 radical (unpaired) electrons. The van der Waals surface area contributed by atoms with E-state index in [2.05, 4.69) is 15.5 Å². The number of hydrogen-bond donors (Lipinski definition) is 1. The van der Waals surface area contributed by atoms with Crippen LogP contribution in [0.5, 0.6) is 5.19 Å². The molecule has 1 heterocycles. The summed E-state index contributed by atoms with van der Waals surface area (Å²) in [6, 6.07) is 0.704. The van der Waals surface area contributed by atoms with Gasteiger partial charge in [-0.1, -0.05) is 11.3 Å². The SMILES string of the molecule is COCCCOc1nnc(CNC2CC2)s1. The molecule has 0 atom stereocenters. The zero-order valence-corrected chi connectivity index (χ0v) is 10.3. The summed E-state index contributed by atoms with van der Waals surface area (Å²) in [6.45, 7) is 2.16. The molecule has 1 aromatic heterocycles. The van der Waals surface area contributed by atoms with Gasteiger partial charge in [-0.15, -0.1) is 10.2 Å². The van der Waals surface area contributed by atoms with Gasteiger partial charge in [0.1, 0.15) is 5.01 Å². The molecule has 90 valence electrons. The summed E-state index contributed by atoms with van der Waals surface area (Å²) in [5.74, 6) is 0. The highest BCUT2D eigenvalue weighted by molar-refractivity contribution is 7.13. The van der Waals surface area contributed by atoms with Crippen LogP contribution in [-0.4, -0.2) is 36.6 Å². The minimum Gasteiger partial charge on any atom is -0.469 e. The summed E-state index contributed by atoms with van der Waals surface area (Å²) >= 11 is 1.51. The molecule has 1 aliphatic rings. The molecule has 1 fully saturated rings. The van der Waals surface area contributed by atoms with E-state index in [0.29, 0.717) is 17.8 Å². The molecule has 2 rings (SSSR count). The zero-order chi connectivity index (χ0) is 11.2. The molecule has 16 heavy (non-hydrogen) atoms. The van der Waals surface area contributed by atoms with Gasteiger partial charge in [-0.2, -0.15) is 0 Å².